The Kier molecular flexibility index (Phi) is 5.66. The van der Waals surface area contributed by atoms with Crippen molar-refractivity contribution >= 4 is 0 Å². The van der Waals surface area contributed by atoms with Gasteiger partial charge in [0.15, 0.2) is 0 Å². The zero-order valence-electron chi connectivity index (χ0n) is 11.7. The van der Waals surface area contributed by atoms with Gasteiger partial charge in [0.25, 0.3) is 0 Å². The third-order valence-corrected chi connectivity index (χ3v) is 3.43. The second kappa shape index (κ2) is 6.77. The van der Waals surface area contributed by atoms with Crippen molar-refractivity contribution in [1.29, 1.82) is 0 Å². The number of ether oxygens (including phenoxy) is 1. The molecule has 0 spiro atoms. The van der Waals surface area contributed by atoms with Crippen LogP contribution in [0.2, 0.25) is 0 Å². The Bertz CT molecular complexity index is 320. The zero-order valence-corrected chi connectivity index (χ0v) is 11.7. The maximum atomic E-state index is 5.35. The molecule has 0 fully saturated rings. The summed E-state index contributed by atoms with van der Waals surface area (Å²) in [6.45, 7) is 8.60. The van der Waals surface area contributed by atoms with Crippen molar-refractivity contribution in [2.24, 2.45) is 0 Å². The van der Waals surface area contributed by atoms with Crippen LogP contribution in [0, 0.1) is 6.92 Å². The van der Waals surface area contributed by atoms with Gasteiger partial charge >= 0.3 is 0 Å². The first-order chi connectivity index (χ1) is 8.08. The molecule has 2 nitrogen and oxygen atoms in total. The SMILES string of the molecule is CCC(NC(C)C(C)OC)c1ccc(C)cc1. The summed E-state index contributed by atoms with van der Waals surface area (Å²) in [5, 5.41) is 3.63. The van der Waals surface area contributed by atoms with Crippen LogP contribution < -0.4 is 5.32 Å². The number of hydrogen-bond donors (Lipinski definition) is 1. The first-order valence-electron chi connectivity index (χ1n) is 6.43. The highest BCUT2D eigenvalue weighted by atomic mass is 16.5. The van der Waals surface area contributed by atoms with Crippen LogP contribution in [-0.2, 0) is 4.74 Å². The van der Waals surface area contributed by atoms with E-state index in [0.717, 1.165) is 6.42 Å². The Morgan fingerprint density at radius 3 is 2.24 bits per heavy atom. The molecular weight excluding hydrogens is 210 g/mol. The summed E-state index contributed by atoms with van der Waals surface area (Å²) in [6.07, 6.45) is 1.32. The van der Waals surface area contributed by atoms with E-state index in [0.29, 0.717) is 12.1 Å². The molecule has 0 aromatic heterocycles. The summed E-state index contributed by atoms with van der Waals surface area (Å²) in [4.78, 5) is 0. The van der Waals surface area contributed by atoms with Gasteiger partial charge < -0.3 is 10.1 Å². The number of rotatable bonds is 6. The highest BCUT2D eigenvalue weighted by molar-refractivity contribution is 5.24. The van der Waals surface area contributed by atoms with Crippen molar-refractivity contribution in [2.75, 3.05) is 7.11 Å². The maximum Gasteiger partial charge on any atom is 0.0693 e. The Labute approximate surface area is 105 Å². The molecule has 2 heteroatoms. The van der Waals surface area contributed by atoms with Crippen molar-refractivity contribution in [1.82, 2.24) is 5.32 Å². The van der Waals surface area contributed by atoms with Crippen LogP contribution in [0.1, 0.15) is 44.4 Å². The lowest BCUT2D eigenvalue weighted by Crippen LogP contribution is -2.38. The van der Waals surface area contributed by atoms with Crippen LogP contribution in [0.5, 0.6) is 0 Å². The molecule has 0 aliphatic rings. The average Bonchev–Trinajstić information content (AvgIpc) is 2.35. The maximum absolute atomic E-state index is 5.35. The largest absolute Gasteiger partial charge is 0.380 e. The van der Waals surface area contributed by atoms with Gasteiger partial charge in [0, 0.05) is 19.2 Å². The minimum absolute atomic E-state index is 0.231. The smallest absolute Gasteiger partial charge is 0.0693 e. The van der Waals surface area contributed by atoms with Crippen molar-refractivity contribution in [3.8, 4) is 0 Å². The lowest BCUT2D eigenvalue weighted by molar-refractivity contribution is 0.0841. The Balaban J connectivity index is 2.68. The van der Waals surface area contributed by atoms with Crippen LogP contribution in [0.15, 0.2) is 24.3 Å². The third-order valence-electron chi connectivity index (χ3n) is 3.43. The molecule has 0 radical (unpaired) electrons. The van der Waals surface area contributed by atoms with Crippen molar-refractivity contribution in [3.05, 3.63) is 35.4 Å². The average molecular weight is 235 g/mol. The van der Waals surface area contributed by atoms with E-state index >= 15 is 0 Å². The summed E-state index contributed by atoms with van der Waals surface area (Å²) < 4.78 is 5.35. The third kappa shape index (κ3) is 4.14. The second-order valence-electron chi connectivity index (χ2n) is 4.77. The molecule has 17 heavy (non-hydrogen) atoms. The molecule has 0 saturated heterocycles. The van der Waals surface area contributed by atoms with E-state index in [-0.39, 0.29) is 6.10 Å². The predicted molar refractivity (Wildman–Crippen MR) is 73.3 cm³/mol. The number of benzene rings is 1. The number of methoxy groups -OCH3 is 1. The Morgan fingerprint density at radius 2 is 1.76 bits per heavy atom. The molecule has 1 rings (SSSR count). The predicted octanol–water partition coefficient (Wildman–Crippen LogP) is 3.46. The van der Waals surface area contributed by atoms with E-state index < -0.39 is 0 Å². The van der Waals surface area contributed by atoms with Crippen LogP contribution in [-0.4, -0.2) is 19.3 Å². The first-order valence-corrected chi connectivity index (χ1v) is 6.43. The monoisotopic (exact) mass is 235 g/mol. The topological polar surface area (TPSA) is 21.3 Å². The molecule has 0 aliphatic carbocycles. The van der Waals surface area contributed by atoms with E-state index in [4.69, 9.17) is 4.74 Å². The molecule has 0 saturated carbocycles. The first kappa shape index (κ1) is 14.2. The van der Waals surface area contributed by atoms with Crippen LogP contribution in [0.4, 0.5) is 0 Å². The quantitative estimate of drug-likeness (QED) is 0.815. The van der Waals surface area contributed by atoms with E-state index in [2.05, 4.69) is 57.3 Å². The van der Waals surface area contributed by atoms with Gasteiger partial charge in [-0.25, -0.2) is 0 Å². The standard InChI is InChI=1S/C15H25NO/c1-6-15(16-12(3)13(4)17-5)14-9-7-11(2)8-10-14/h7-10,12-13,15-16H,6H2,1-5H3. The normalized spacial score (nSPS) is 16.5. The molecule has 3 atom stereocenters. The minimum atomic E-state index is 0.231. The number of aryl methyl sites for hydroxylation is 1. The van der Waals surface area contributed by atoms with Crippen molar-refractivity contribution < 1.29 is 4.74 Å². The van der Waals surface area contributed by atoms with Gasteiger partial charge in [-0.1, -0.05) is 36.8 Å². The molecule has 0 aliphatic heterocycles. The van der Waals surface area contributed by atoms with E-state index in [9.17, 15) is 0 Å². The number of nitrogens with one attached hydrogen (secondary N) is 1. The van der Waals surface area contributed by atoms with Gasteiger partial charge in [-0.05, 0) is 32.8 Å². The second-order valence-corrected chi connectivity index (χ2v) is 4.77. The fraction of sp³-hybridized carbons (Fsp3) is 0.600. The molecule has 96 valence electrons. The van der Waals surface area contributed by atoms with Gasteiger partial charge in [-0.2, -0.15) is 0 Å². The summed E-state index contributed by atoms with van der Waals surface area (Å²) in [6, 6.07) is 9.52. The highest BCUT2D eigenvalue weighted by Gasteiger charge is 2.16. The molecule has 1 N–H and O–H groups in total. The Hall–Kier alpha value is -0.860. The fourth-order valence-electron chi connectivity index (χ4n) is 1.91. The summed E-state index contributed by atoms with van der Waals surface area (Å²) in [5.74, 6) is 0. The van der Waals surface area contributed by atoms with Crippen LogP contribution in [0.25, 0.3) is 0 Å². The summed E-state index contributed by atoms with van der Waals surface area (Å²) >= 11 is 0. The Morgan fingerprint density at radius 1 is 1.18 bits per heavy atom. The fourth-order valence-corrected chi connectivity index (χ4v) is 1.91. The lowest BCUT2D eigenvalue weighted by Gasteiger charge is -2.26. The van der Waals surface area contributed by atoms with Gasteiger partial charge in [-0.3, -0.25) is 0 Å². The van der Waals surface area contributed by atoms with E-state index in [1.165, 1.54) is 11.1 Å². The zero-order chi connectivity index (χ0) is 12.8. The van der Waals surface area contributed by atoms with E-state index in [1.54, 1.807) is 7.11 Å². The molecule has 0 heterocycles. The minimum Gasteiger partial charge on any atom is -0.380 e. The van der Waals surface area contributed by atoms with Gasteiger partial charge in [0.1, 0.15) is 0 Å². The highest BCUT2D eigenvalue weighted by Crippen LogP contribution is 2.18. The van der Waals surface area contributed by atoms with Gasteiger partial charge in [0.2, 0.25) is 0 Å². The molecule has 1 aromatic rings. The van der Waals surface area contributed by atoms with E-state index in [1.807, 2.05) is 0 Å². The van der Waals surface area contributed by atoms with Crippen LogP contribution in [0.3, 0.4) is 0 Å². The molecule has 0 amide bonds. The van der Waals surface area contributed by atoms with Gasteiger partial charge in [-0.15, -0.1) is 0 Å². The lowest BCUT2D eigenvalue weighted by atomic mass is 10.0. The molecule has 1 aromatic carbocycles. The molecular formula is C15H25NO. The van der Waals surface area contributed by atoms with Gasteiger partial charge in [0.05, 0.1) is 6.10 Å². The van der Waals surface area contributed by atoms with Crippen LogP contribution >= 0.6 is 0 Å². The summed E-state index contributed by atoms with van der Waals surface area (Å²) in [7, 11) is 1.76. The summed E-state index contributed by atoms with van der Waals surface area (Å²) in [5.41, 5.74) is 2.66. The van der Waals surface area contributed by atoms with Crippen molar-refractivity contribution in [3.63, 3.8) is 0 Å². The molecule has 0 bridgehead atoms. The number of hydrogen-bond acceptors (Lipinski definition) is 2. The van der Waals surface area contributed by atoms with Crippen molar-refractivity contribution in [2.45, 2.75) is 52.3 Å². The molecule has 3 unspecified atom stereocenters.